The molecule has 1 saturated heterocycles. The highest BCUT2D eigenvalue weighted by molar-refractivity contribution is 5.96. The summed E-state index contributed by atoms with van der Waals surface area (Å²) in [6, 6.07) is 12.5. The highest BCUT2D eigenvalue weighted by atomic mass is 16.4. The van der Waals surface area contributed by atoms with Gasteiger partial charge < -0.3 is 14.9 Å². The lowest BCUT2D eigenvalue weighted by Crippen LogP contribution is -2.48. The summed E-state index contributed by atoms with van der Waals surface area (Å²) >= 11 is 0. The number of pyridine rings is 1. The fraction of sp³-hybridized carbons (Fsp3) is 0.316. The summed E-state index contributed by atoms with van der Waals surface area (Å²) in [5.74, 6) is -0.494. The molecule has 2 aromatic rings. The zero-order valence-electron chi connectivity index (χ0n) is 14.1. The zero-order chi connectivity index (χ0) is 17.8. The van der Waals surface area contributed by atoms with Gasteiger partial charge in [0.05, 0.1) is 5.56 Å². The van der Waals surface area contributed by atoms with Crippen LogP contribution in [0.2, 0.25) is 0 Å². The summed E-state index contributed by atoms with van der Waals surface area (Å²) < 4.78 is 0. The van der Waals surface area contributed by atoms with E-state index in [2.05, 4.69) is 4.98 Å². The maximum absolute atomic E-state index is 12.7. The molecule has 1 N–H and O–H groups in total. The third-order valence-electron chi connectivity index (χ3n) is 4.53. The van der Waals surface area contributed by atoms with Crippen molar-refractivity contribution in [1.82, 2.24) is 9.88 Å². The number of piperidine rings is 1. The molecule has 0 radical (unpaired) electrons. The Morgan fingerprint density at radius 3 is 2.56 bits per heavy atom. The van der Waals surface area contributed by atoms with Crippen molar-refractivity contribution in [3.63, 3.8) is 0 Å². The van der Waals surface area contributed by atoms with Gasteiger partial charge in [-0.05, 0) is 43.5 Å². The average Bonchev–Trinajstić information content (AvgIpc) is 2.67. The lowest BCUT2D eigenvalue weighted by molar-refractivity contribution is -0.143. The zero-order valence-corrected chi connectivity index (χ0v) is 14.1. The Morgan fingerprint density at radius 1 is 1.16 bits per heavy atom. The fourth-order valence-electron chi connectivity index (χ4n) is 3.09. The number of benzene rings is 1. The molecule has 3 rings (SSSR count). The van der Waals surface area contributed by atoms with Gasteiger partial charge in [-0.25, -0.2) is 9.78 Å². The second kappa shape index (κ2) is 7.34. The molecule has 1 aromatic heterocycles. The summed E-state index contributed by atoms with van der Waals surface area (Å²) in [4.78, 5) is 31.8. The van der Waals surface area contributed by atoms with Gasteiger partial charge in [0.15, 0.2) is 0 Å². The van der Waals surface area contributed by atoms with E-state index in [4.69, 9.17) is 0 Å². The molecule has 1 aliphatic heterocycles. The van der Waals surface area contributed by atoms with E-state index in [0.29, 0.717) is 18.5 Å². The van der Waals surface area contributed by atoms with Crippen molar-refractivity contribution in [3.8, 4) is 0 Å². The number of rotatable bonds is 4. The first kappa shape index (κ1) is 17.0. The standard InChI is InChI=1S/C19H21N3O3/c1-21(15-7-3-2-4-8-15)17-11-10-14(13-20-17)18(23)22-12-6-5-9-16(22)19(24)25/h2-4,7-8,10-11,13,16H,5-6,9,12H2,1H3,(H,24,25)/t16-/m1/s1. The van der Waals surface area contributed by atoms with E-state index in [1.165, 1.54) is 11.1 Å². The van der Waals surface area contributed by atoms with Crippen molar-refractivity contribution in [2.24, 2.45) is 0 Å². The molecule has 0 unspecified atom stereocenters. The van der Waals surface area contributed by atoms with E-state index in [1.807, 2.05) is 42.3 Å². The first-order valence-electron chi connectivity index (χ1n) is 8.36. The highest BCUT2D eigenvalue weighted by Crippen LogP contribution is 2.23. The van der Waals surface area contributed by atoms with Crippen LogP contribution in [0.5, 0.6) is 0 Å². The maximum Gasteiger partial charge on any atom is 0.326 e. The number of carboxylic acids is 1. The molecule has 0 saturated carbocycles. The van der Waals surface area contributed by atoms with Gasteiger partial charge in [-0.1, -0.05) is 18.2 Å². The molecule has 6 nitrogen and oxygen atoms in total. The van der Waals surface area contributed by atoms with Gasteiger partial charge in [-0.2, -0.15) is 0 Å². The largest absolute Gasteiger partial charge is 0.480 e. The number of aliphatic carboxylic acids is 1. The van der Waals surface area contributed by atoms with Crippen LogP contribution in [0.3, 0.4) is 0 Å². The molecule has 2 heterocycles. The number of carbonyl (C=O) groups excluding carboxylic acids is 1. The molecule has 0 bridgehead atoms. The second-order valence-corrected chi connectivity index (χ2v) is 6.15. The Bertz CT molecular complexity index is 746. The Kier molecular flexibility index (Phi) is 4.97. The number of para-hydroxylation sites is 1. The van der Waals surface area contributed by atoms with Crippen LogP contribution in [0.1, 0.15) is 29.6 Å². The minimum atomic E-state index is -0.943. The molecule has 1 aliphatic rings. The molecule has 1 amide bonds. The Hall–Kier alpha value is -2.89. The van der Waals surface area contributed by atoms with Gasteiger partial charge in [-0.3, -0.25) is 4.79 Å². The lowest BCUT2D eigenvalue weighted by Gasteiger charge is -2.33. The predicted molar refractivity (Wildman–Crippen MR) is 95.1 cm³/mol. The second-order valence-electron chi connectivity index (χ2n) is 6.15. The Morgan fingerprint density at radius 2 is 1.92 bits per heavy atom. The van der Waals surface area contributed by atoms with Gasteiger partial charge in [-0.15, -0.1) is 0 Å². The number of amides is 1. The minimum Gasteiger partial charge on any atom is -0.480 e. The van der Waals surface area contributed by atoms with Gasteiger partial charge in [0.2, 0.25) is 0 Å². The number of anilines is 2. The van der Waals surface area contributed by atoms with E-state index in [-0.39, 0.29) is 5.91 Å². The molecule has 1 atom stereocenters. The SMILES string of the molecule is CN(c1ccccc1)c1ccc(C(=O)N2CCCC[C@@H]2C(=O)O)cn1. The van der Waals surface area contributed by atoms with Crippen molar-refractivity contribution in [2.45, 2.75) is 25.3 Å². The van der Waals surface area contributed by atoms with Crippen LogP contribution in [0.25, 0.3) is 0 Å². The van der Waals surface area contributed by atoms with E-state index in [1.54, 1.807) is 12.1 Å². The number of carbonyl (C=O) groups is 2. The smallest absolute Gasteiger partial charge is 0.326 e. The number of hydrogen-bond acceptors (Lipinski definition) is 4. The molecule has 0 spiro atoms. The van der Waals surface area contributed by atoms with Crippen LogP contribution in [-0.4, -0.2) is 46.5 Å². The number of hydrogen-bond donors (Lipinski definition) is 1. The van der Waals surface area contributed by atoms with Gasteiger partial charge in [0.25, 0.3) is 5.91 Å². The Labute approximate surface area is 146 Å². The molecular formula is C19H21N3O3. The van der Waals surface area contributed by atoms with E-state index >= 15 is 0 Å². The van der Waals surface area contributed by atoms with E-state index in [9.17, 15) is 14.7 Å². The summed E-state index contributed by atoms with van der Waals surface area (Å²) in [5, 5.41) is 9.33. The Balaban J connectivity index is 1.77. The van der Waals surface area contributed by atoms with Crippen molar-refractivity contribution in [1.29, 1.82) is 0 Å². The summed E-state index contributed by atoms with van der Waals surface area (Å²) in [5.41, 5.74) is 1.41. The van der Waals surface area contributed by atoms with Gasteiger partial charge >= 0.3 is 5.97 Å². The van der Waals surface area contributed by atoms with Crippen molar-refractivity contribution in [2.75, 3.05) is 18.5 Å². The molecule has 1 fully saturated rings. The summed E-state index contributed by atoms with van der Waals surface area (Å²) in [7, 11) is 1.91. The van der Waals surface area contributed by atoms with Gasteiger partial charge in [0, 0.05) is 25.5 Å². The van der Waals surface area contributed by atoms with Crippen LogP contribution in [0, 0.1) is 0 Å². The van der Waals surface area contributed by atoms with Crippen molar-refractivity contribution >= 4 is 23.4 Å². The van der Waals surface area contributed by atoms with E-state index < -0.39 is 12.0 Å². The fourth-order valence-corrected chi connectivity index (χ4v) is 3.09. The quantitative estimate of drug-likeness (QED) is 0.927. The molecule has 130 valence electrons. The predicted octanol–water partition coefficient (Wildman–Crippen LogP) is 2.93. The first-order chi connectivity index (χ1) is 12.1. The van der Waals surface area contributed by atoms with Crippen LogP contribution in [0.15, 0.2) is 48.7 Å². The summed E-state index contributed by atoms with van der Waals surface area (Å²) in [6.45, 7) is 0.474. The monoisotopic (exact) mass is 339 g/mol. The van der Waals surface area contributed by atoms with E-state index in [0.717, 1.165) is 24.3 Å². The third-order valence-corrected chi connectivity index (χ3v) is 4.53. The molecule has 1 aromatic carbocycles. The van der Waals surface area contributed by atoms with Gasteiger partial charge in [0.1, 0.15) is 11.9 Å². The first-order valence-corrected chi connectivity index (χ1v) is 8.36. The maximum atomic E-state index is 12.7. The third kappa shape index (κ3) is 3.63. The number of nitrogens with zero attached hydrogens (tertiary/aromatic N) is 3. The topological polar surface area (TPSA) is 73.7 Å². The van der Waals surface area contributed by atoms with Crippen LogP contribution < -0.4 is 4.90 Å². The van der Waals surface area contributed by atoms with Crippen LogP contribution in [-0.2, 0) is 4.79 Å². The normalized spacial score (nSPS) is 17.2. The highest BCUT2D eigenvalue weighted by Gasteiger charge is 2.32. The van der Waals surface area contributed by atoms with Crippen molar-refractivity contribution < 1.29 is 14.7 Å². The number of likely N-dealkylation sites (tertiary alicyclic amines) is 1. The summed E-state index contributed by atoms with van der Waals surface area (Å²) in [6.07, 6.45) is 3.69. The van der Waals surface area contributed by atoms with Crippen LogP contribution in [0.4, 0.5) is 11.5 Å². The molecule has 6 heteroatoms. The van der Waals surface area contributed by atoms with Crippen LogP contribution >= 0.6 is 0 Å². The lowest BCUT2D eigenvalue weighted by atomic mass is 10.0. The number of aromatic nitrogens is 1. The molecule has 0 aliphatic carbocycles. The molecular weight excluding hydrogens is 318 g/mol. The minimum absolute atomic E-state index is 0.270. The average molecular weight is 339 g/mol. The molecule has 25 heavy (non-hydrogen) atoms. The van der Waals surface area contributed by atoms with Crippen molar-refractivity contribution in [3.05, 3.63) is 54.2 Å². The number of carboxylic acid groups (broad SMARTS) is 1.